The maximum atomic E-state index is 13.0. The van der Waals surface area contributed by atoms with Gasteiger partial charge in [0.05, 0.1) is 27.8 Å². The van der Waals surface area contributed by atoms with Crippen LogP contribution in [0.4, 0.5) is 0 Å². The number of benzene rings is 1. The number of sulfone groups is 1. The van der Waals surface area contributed by atoms with Crippen LogP contribution in [-0.2, 0) is 14.6 Å². The second kappa shape index (κ2) is 6.83. The first-order chi connectivity index (χ1) is 12.9. The van der Waals surface area contributed by atoms with Crippen molar-refractivity contribution >= 4 is 44.3 Å². The van der Waals surface area contributed by atoms with Crippen molar-refractivity contribution in [2.75, 3.05) is 18.1 Å². The second-order valence-electron chi connectivity index (χ2n) is 6.71. The van der Waals surface area contributed by atoms with Gasteiger partial charge in [-0.3, -0.25) is 9.20 Å². The minimum atomic E-state index is -3.04. The van der Waals surface area contributed by atoms with Crippen molar-refractivity contribution in [2.45, 2.75) is 36.7 Å². The van der Waals surface area contributed by atoms with Gasteiger partial charge in [0.2, 0.25) is 11.7 Å². The Kier molecular flexibility index (Phi) is 4.63. The molecule has 1 N–H and O–H groups in total. The number of aromatic amines is 1. The lowest BCUT2D eigenvalue weighted by atomic mass is 10.2. The molecule has 1 aliphatic heterocycles. The molecule has 4 rings (SSSR count). The predicted octanol–water partition coefficient (Wildman–Crippen LogP) is 1.73. The molecule has 0 spiro atoms. The molecule has 0 saturated carbocycles. The number of thioether (sulfide) groups is 1. The Morgan fingerprint density at radius 1 is 1.44 bits per heavy atom. The van der Waals surface area contributed by atoms with Crippen LogP contribution in [0.2, 0.25) is 0 Å². The van der Waals surface area contributed by atoms with E-state index in [4.69, 9.17) is 0 Å². The molecule has 0 radical (unpaired) electrons. The molecule has 1 fully saturated rings. The third-order valence-electron chi connectivity index (χ3n) is 4.91. The summed E-state index contributed by atoms with van der Waals surface area (Å²) in [5.41, 5.74) is 1.79. The minimum absolute atomic E-state index is 0.0583. The molecule has 1 aliphatic rings. The zero-order valence-corrected chi connectivity index (χ0v) is 16.8. The quantitative estimate of drug-likeness (QED) is 0.647. The summed E-state index contributed by atoms with van der Waals surface area (Å²) < 4.78 is 25.5. The standard InChI is InChI=1S/C17H21N5O3S2/c1-3-21(12-8-9-27(24,25)10-12)15(23)11(2)26-17-20-19-16-18-13-6-4-5-7-14(13)22(16)17/h4-7,11-12H,3,8-10H2,1-2H3,(H,18,19)/t11-,12+/m0/s1. The van der Waals surface area contributed by atoms with Crippen LogP contribution in [0.5, 0.6) is 0 Å². The van der Waals surface area contributed by atoms with Gasteiger partial charge in [0.1, 0.15) is 0 Å². The first-order valence-electron chi connectivity index (χ1n) is 8.88. The van der Waals surface area contributed by atoms with E-state index >= 15 is 0 Å². The second-order valence-corrected chi connectivity index (χ2v) is 10.2. The number of imidazole rings is 1. The summed E-state index contributed by atoms with van der Waals surface area (Å²) in [5, 5.41) is 7.49. The van der Waals surface area contributed by atoms with Crippen molar-refractivity contribution in [3.63, 3.8) is 0 Å². The topological polar surface area (TPSA) is 100 Å². The highest BCUT2D eigenvalue weighted by Gasteiger charge is 2.35. The summed E-state index contributed by atoms with van der Waals surface area (Å²) in [6.45, 7) is 4.21. The Labute approximate surface area is 161 Å². The maximum absolute atomic E-state index is 13.0. The van der Waals surface area contributed by atoms with E-state index in [1.165, 1.54) is 11.8 Å². The van der Waals surface area contributed by atoms with E-state index in [9.17, 15) is 13.2 Å². The third kappa shape index (κ3) is 3.31. The average molecular weight is 408 g/mol. The third-order valence-corrected chi connectivity index (χ3v) is 7.70. The number of para-hydroxylation sites is 2. The van der Waals surface area contributed by atoms with Crippen molar-refractivity contribution in [2.24, 2.45) is 0 Å². The molecule has 0 unspecified atom stereocenters. The van der Waals surface area contributed by atoms with Gasteiger partial charge >= 0.3 is 0 Å². The fourth-order valence-corrected chi connectivity index (χ4v) is 6.25. The normalized spacial score (nSPS) is 20.3. The van der Waals surface area contributed by atoms with Crippen molar-refractivity contribution < 1.29 is 13.2 Å². The van der Waals surface area contributed by atoms with Crippen molar-refractivity contribution in [3.05, 3.63) is 24.3 Å². The van der Waals surface area contributed by atoms with Crippen LogP contribution >= 0.6 is 11.8 Å². The van der Waals surface area contributed by atoms with Crippen LogP contribution in [0.1, 0.15) is 20.3 Å². The number of fused-ring (bicyclic) bond motifs is 3. The molecule has 3 heterocycles. The number of amides is 1. The highest BCUT2D eigenvalue weighted by atomic mass is 32.2. The lowest BCUT2D eigenvalue weighted by Gasteiger charge is -2.29. The number of aromatic nitrogens is 4. The number of nitrogens with zero attached hydrogens (tertiary/aromatic N) is 4. The van der Waals surface area contributed by atoms with Gasteiger partial charge in [-0.25, -0.2) is 18.5 Å². The molecule has 2 aromatic heterocycles. The molecule has 2 atom stereocenters. The Balaban J connectivity index is 1.57. The lowest BCUT2D eigenvalue weighted by molar-refractivity contribution is -0.131. The number of carbonyl (C=O) groups excluding carboxylic acids is 1. The van der Waals surface area contributed by atoms with E-state index in [0.717, 1.165) is 11.0 Å². The van der Waals surface area contributed by atoms with Crippen LogP contribution in [0.3, 0.4) is 0 Å². The van der Waals surface area contributed by atoms with Crippen LogP contribution in [0.25, 0.3) is 16.8 Å². The first-order valence-corrected chi connectivity index (χ1v) is 11.6. The monoisotopic (exact) mass is 407 g/mol. The van der Waals surface area contributed by atoms with E-state index < -0.39 is 9.84 Å². The molecule has 0 bridgehead atoms. The molecule has 10 heteroatoms. The summed E-state index contributed by atoms with van der Waals surface area (Å²) in [6, 6.07) is 7.52. The van der Waals surface area contributed by atoms with Gasteiger partial charge < -0.3 is 4.90 Å². The predicted molar refractivity (Wildman–Crippen MR) is 105 cm³/mol. The zero-order valence-electron chi connectivity index (χ0n) is 15.1. The van der Waals surface area contributed by atoms with Crippen LogP contribution < -0.4 is 0 Å². The molecule has 1 aromatic carbocycles. The van der Waals surface area contributed by atoms with Crippen molar-refractivity contribution in [1.82, 2.24) is 24.5 Å². The number of carbonyl (C=O) groups is 1. The van der Waals surface area contributed by atoms with Crippen molar-refractivity contribution in [3.8, 4) is 0 Å². The first kappa shape index (κ1) is 18.3. The molecule has 144 valence electrons. The van der Waals surface area contributed by atoms with Gasteiger partial charge in [-0.05, 0) is 32.4 Å². The number of rotatable bonds is 5. The highest BCUT2D eigenvalue weighted by molar-refractivity contribution is 8.00. The number of hydrogen-bond donors (Lipinski definition) is 1. The fraction of sp³-hybridized carbons (Fsp3) is 0.471. The van der Waals surface area contributed by atoms with Gasteiger partial charge in [-0.1, -0.05) is 23.9 Å². The van der Waals surface area contributed by atoms with Crippen LogP contribution in [0.15, 0.2) is 29.4 Å². The fourth-order valence-electron chi connectivity index (χ4n) is 3.58. The smallest absolute Gasteiger partial charge is 0.236 e. The number of H-pyrrole nitrogens is 1. The molecule has 3 aromatic rings. The summed E-state index contributed by atoms with van der Waals surface area (Å²) in [6.07, 6.45) is 0.512. The van der Waals surface area contributed by atoms with E-state index in [-0.39, 0.29) is 28.7 Å². The molecular formula is C17H21N5O3S2. The van der Waals surface area contributed by atoms with Crippen LogP contribution in [-0.4, -0.2) is 68.1 Å². The van der Waals surface area contributed by atoms with E-state index in [2.05, 4.69) is 15.2 Å². The maximum Gasteiger partial charge on any atom is 0.236 e. The average Bonchev–Trinajstić information content (AvgIpc) is 3.29. The minimum Gasteiger partial charge on any atom is -0.338 e. The van der Waals surface area contributed by atoms with Crippen LogP contribution in [0, 0.1) is 0 Å². The van der Waals surface area contributed by atoms with Crippen molar-refractivity contribution in [1.29, 1.82) is 0 Å². The van der Waals surface area contributed by atoms with Gasteiger partial charge in [-0.2, -0.15) is 0 Å². The van der Waals surface area contributed by atoms with E-state index in [1.807, 2.05) is 42.5 Å². The lowest BCUT2D eigenvalue weighted by Crippen LogP contribution is -2.44. The summed E-state index contributed by atoms with van der Waals surface area (Å²) in [5.74, 6) is 0.782. The Hall–Kier alpha value is -2.07. The molecule has 1 amide bonds. The summed E-state index contributed by atoms with van der Waals surface area (Å²) in [7, 11) is -3.04. The molecule has 0 aliphatic carbocycles. The van der Waals surface area contributed by atoms with Gasteiger partial charge in [0.25, 0.3) is 0 Å². The zero-order chi connectivity index (χ0) is 19.2. The molecular weight excluding hydrogens is 386 g/mol. The van der Waals surface area contributed by atoms with Gasteiger partial charge in [0.15, 0.2) is 15.0 Å². The number of nitrogens with one attached hydrogen (secondary N) is 1. The summed E-state index contributed by atoms with van der Waals surface area (Å²) in [4.78, 5) is 19.2. The van der Waals surface area contributed by atoms with E-state index in [0.29, 0.717) is 23.9 Å². The summed E-state index contributed by atoms with van der Waals surface area (Å²) >= 11 is 1.35. The van der Waals surface area contributed by atoms with Gasteiger partial charge in [0, 0.05) is 12.6 Å². The molecule has 27 heavy (non-hydrogen) atoms. The van der Waals surface area contributed by atoms with Gasteiger partial charge in [-0.15, -0.1) is 5.10 Å². The highest BCUT2D eigenvalue weighted by Crippen LogP contribution is 2.28. The Morgan fingerprint density at radius 3 is 2.93 bits per heavy atom. The SMILES string of the molecule is CCN(C(=O)[C@H](C)Sc1n[nH]c2nc3ccccc3n12)[C@@H]1CCS(=O)(=O)C1. The Morgan fingerprint density at radius 2 is 2.22 bits per heavy atom. The molecule has 1 saturated heterocycles. The van der Waals surface area contributed by atoms with E-state index in [1.54, 1.807) is 4.90 Å². The molecule has 8 nitrogen and oxygen atoms in total. The largest absolute Gasteiger partial charge is 0.338 e. The Bertz CT molecular complexity index is 1100. The number of hydrogen-bond acceptors (Lipinski definition) is 6.